The lowest BCUT2D eigenvalue weighted by Crippen LogP contribution is -2.22. The summed E-state index contributed by atoms with van der Waals surface area (Å²) in [6, 6.07) is 9.48. The molecule has 0 spiro atoms. The summed E-state index contributed by atoms with van der Waals surface area (Å²) in [6.45, 7) is 6.37. The van der Waals surface area contributed by atoms with Crippen LogP contribution in [0.15, 0.2) is 30.3 Å². The van der Waals surface area contributed by atoms with Crippen molar-refractivity contribution in [3.8, 4) is 10.4 Å². The molecule has 0 radical (unpaired) electrons. The number of hydrogen-bond donors (Lipinski definition) is 2. The van der Waals surface area contributed by atoms with Crippen molar-refractivity contribution in [3.63, 3.8) is 0 Å². The van der Waals surface area contributed by atoms with Crippen LogP contribution in [0.3, 0.4) is 0 Å². The van der Waals surface area contributed by atoms with Crippen LogP contribution in [0.1, 0.15) is 36.0 Å². The number of carbonyl (C=O) groups excluding carboxylic acids is 1. The van der Waals surface area contributed by atoms with Crippen molar-refractivity contribution in [1.29, 1.82) is 0 Å². The molecule has 0 aliphatic rings. The number of esters is 1. The van der Waals surface area contributed by atoms with E-state index in [9.17, 15) is 13.2 Å². The molecule has 0 atom stereocenters. The van der Waals surface area contributed by atoms with E-state index in [2.05, 4.69) is 25.5 Å². The zero-order chi connectivity index (χ0) is 18.1. The van der Waals surface area contributed by atoms with Crippen molar-refractivity contribution < 1.29 is 17.9 Å². The second-order valence-electron chi connectivity index (χ2n) is 6.32. The van der Waals surface area contributed by atoms with Crippen molar-refractivity contribution in [2.24, 2.45) is 5.14 Å². The summed E-state index contributed by atoms with van der Waals surface area (Å²) in [6.07, 6.45) is 0. The molecule has 1 heterocycles. The number of hydrogen-bond acceptors (Lipinski definition) is 5. The Morgan fingerprint density at radius 3 is 2.25 bits per heavy atom. The minimum absolute atomic E-state index is 0.0332. The van der Waals surface area contributed by atoms with Gasteiger partial charge in [0.15, 0.2) is 0 Å². The lowest BCUT2D eigenvalue weighted by molar-refractivity contribution is 0.0607. The minimum atomic E-state index is -3.99. The molecular formula is C16H20N2O4S2. The third kappa shape index (κ3) is 4.34. The number of nitrogens with two attached hydrogens (primary N) is 1. The molecular weight excluding hydrogens is 348 g/mol. The van der Waals surface area contributed by atoms with Gasteiger partial charge >= 0.3 is 5.97 Å². The van der Waals surface area contributed by atoms with Crippen molar-refractivity contribution in [2.45, 2.75) is 26.2 Å². The molecule has 0 bridgehead atoms. The topological polar surface area (TPSA) is 98.5 Å². The average Bonchev–Trinajstić information content (AvgIpc) is 2.87. The minimum Gasteiger partial charge on any atom is -0.465 e. The van der Waals surface area contributed by atoms with E-state index in [1.165, 1.54) is 12.7 Å². The van der Waals surface area contributed by atoms with Crippen LogP contribution in [0.5, 0.6) is 0 Å². The van der Waals surface area contributed by atoms with Crippen LogP contribution in [-0.4, -0.2) is 21.5 Å². The van der Waals surface area contributed by atoms with E-state index in [1.807, 2.05) is 24.3 Å². The normalized spacial score (nSPS) is 12.0. The van der Waals surface area contributed by atoms with Gasteiger partial charge in [0.05, 0.1) is 12.8 Å². The van der Waals surface area contributed by atoms with E-state index in [0.29, 0.717) is 0 Å². The highest BCUT2D eigenvalue weighted by atomic mass is 32.2. The van der Waals surface area contributed by atoms with Gasteiger partial charge in [0, 0.05) is 4.88 Å². The quantitative estimate of drug-likeness (QED) is 0.810. The highest BCUT2D eigenvalue weighted by Gasteiger charge is 2.20. The fourth-order valence-corrected chi connectivity index (χ4v) is 3.71. The van der Waals surface area contributed by atoms with Gasteiger partial charge in [-0.25, -0.2) is 9.93 Å². The third-order valence-corrected chi connectivity index (χ3v) is 5.06. The Morgan fingerprint density at radius 1 is 1.21 bits per heavy atom. The molecule has 0 aliphatic carbocycles. The Bertz CT molecular complexity index is 847. The van der Waals surface area contributed by atoms with Gasteiger partial charge in [-0.1, -0.05) is 45.0 Å². The van der Waals surface area contributed by atoms with E-state index >= 15 is 0 Å². The molecule has 1 aromatic carbocycles. The van der Waals surface area contributed by atoms with Gasteiger partial charge in [-0.2, -0.15) is 8.42 Å². The van der Waals surface area contributed by atoms with Crippen LogP contribution < -0.4 is 9.86 Å². The number of ether oxygens (including phenoxy) is 1. The molecule has 0 unspecified atom stereocenters. The first kappa shape index (κ1) is 18.4. The monoisotopic (exact) mass is 368 g/mol. The molecule has 0 saturated heterocycles. The standard InChI is InChI=1S/C16H20N2O4S2/c1-16(2,3)11-7-5-10(6-8-11)13-9-12(18-24(17,20)21)14(23-13)15(19)22-4/h5-9,18H,1-4H3,(H2,17,20,21). The van der Waals surface area contributed by atoms with Crippen molar-refractivity contribution in [2.75, 3.05) is 11.8 Å². The van der Waals surface area contributed by atoms with E-state index in [-0.39, 0.29) is 16.0 Å². The summed E-state index contributed by atoms with van der Waals surface area (Å²) < 4.78 is 29.4. The number of carbonyl (C=O) groups is 1. The third-order valence-electron chi connectivity index (χ3n) is 3.39. The number of nitrogens with one attached hydrogen (secondary N) is 1. The molecule has 0 saturated carbocycles. The first-order chi connectivity index (χ1) is 11.0. The van der Waals surface area contributed by atoms with E-state index < -0.39 is 16.2 Å². The maximum Gasteiger partial charge on any atom is 0.350 e. The lowest BCUT2D eigenvalue weighted by Gasteiger charge is -2.18. The number of methoxy groups -OCH3 is 1. The molecule has 0 amide bonds. The fraction of sp³-hybridized carbons (Fsp3) is 0.312. The van der Waals surface area contributed by atoms with Gasteiger partial charge in [-0.15, -0.1) is 11.3 Å². The second kappa shape index (κ2) is 6.54. The first-order valence-corrected chi connectivity index (χ1v) is 9.51. The van der Waals surface area contributed by atoms with Gasteiger partial charge in [-0.3, -0.25) is 4.72 Å². The second-order valence-corrected chi connectivity index (χ2v) is 8.67. The van der Waals surface area contributed by atoms with Crippen molar-refractivity contribution >= 4 is 33.2 Å². The summed E-state index contributed by atoms with van der Waals surface area (Å²) in [7, 11) is -2.75. The number of anilines is 1. The Hall–Kier alpha value is -1.90. The van der Waals surface area contributed by atoms with E-state index in [0.717, 1.165) is 21.8 Å². The number of benzene rings is 1. The van der Waals surface area contributed by atoms with Crippen LogP contribution in [0, 0.1) is 0 Å². The van der Waals surface area contributed by atoms with Crippen LogP contribution in [-0.2, 0) is 20.4 Å². The molecule has 24 heavy (non-hydrogen) atoms. The van der Waals surface area contributed by atoms with Crippen molar-refractivity contribution in [3.05, 3.63) is 40.8 Å². The SMILES string of the molecule is COC(=O)c1sc(-c2ccc(C(C)(C)C)cc2)cc1NS(N)(=O)=O. The Balaban J connectivity index is 2.46. The summed E-state index contributed by atoms with van der Waals surface area (Å²) in [4.78, 5) is 12.8. The van der Waals surface area contributed by atoms with Gasteiger partial charge in [0.2, 0.25) is 0 Å². The van der Waals surface area contributed by atoms with Gasteiger partial charge in [0.1, 0.15) is 4.88 Å². The number of thiophene rings is 1. The first-order valence-electron chi connectivity index (χ1n) is 7.15. The summed E-state index contributed by atoms with van der Waals surface area (Å²) in [5.74, 6) is -0.622. The summed E-state index contributed by atoms with van der Waals surface area (Å²) >= 11 is 1.14. The molecule has 6 nitrogen and oxygen atoms in total. The molecule has 8 heteroatoms. The largest absolute Gasteiger partial charge is 0.465 e. The number of rotatable bonds is 4. The van der Waals surface area contributed by atoms with E-state index in [4.69, 9.17) is 9.88 Å². The van der Waals surface area contributed by atoms with Crippen LogP contribution >= 0.6 is 11.3 Å². The highest BCUT2D eigenvalue weighted by molar-refractivity contribution is 7.90. The molecule has 0 fully saturated rings. The fourth-order valence-electron chi connectivity index (χ4n) is 2.14. The molecule has 130 valence electrons. The zero-order valence-corrected chi connectivity index (χ0v) is 15.5. The Labute approximate surface area is 145 Å². The summed E-state index contributed by atoms with van der Waals surface area (Å²) in [5, 5.41) is 5.01. The van der Waals surface area contributed by atoms with Gasteiger partial charge in [-0.05, 0) is 22.6 Å². The lowest BCUT2D eigenvalue weighted by atomic mass is 9.86. The molecule has 2 rings (SSSR count). The predicted octanol–water partition coefficient (Wildman–Crippen LogP) is 3.11. The van der Waals surface area contributed by atoms with Crippen LogP contribution in [0.25, 0.3) is 10.4 Å². The highest BCUT2D eigenvalue weighted by Crippen LogP contribution is 2.36. The Morgan fingerprint density at radius 2 is 1.79 bits per heavy atom. The molecule has 3 N–H and O–H groups in total. The maximum absolute atomic E-state index is 11.9. The van der Waals surface area contributed by atoms with E-state index in [1.54, 1.807) is 6.07 Å². The molecule has 2 aromatic rings. The Kier molecular flexibility index (Phi) is 5.03. The predicted molar refractivity (Wildman–Crippen MR) is 96.5 cm³/mol. The average molecular weight is 368 g/mol. The van der Waals surface area contributed by atoms with Gasteiger partial charge in [0.25, 0.3) is 10.2 Å². The van der Waals surface area contributed by atoms with Crippen molar-refractivity contribution in [1.82, 2.24) is 0 Å². The maximum atomic E-state index is 11.9. The van der Waals surface area contributed by atoms with Crippen LogP contribution in [0.4, 0.5) is 5.69 Å². The summed E-state index contributed by atoms with van der Waals surface area (Å²) in [5.41, 5.74) is 2.20. The molecule has 1 aromatic heterocycles. The molecule has 0 aliphatic heterocycles. The zero-order valence-electron chi connectivity index (χ0n) is 13.9. The van der Waals surface area contributed by atoms with Crippen LogP contribution in [0.2, 0.25) is 0 Å². The smallest absolute Gasteiger partial charge is 0.350 e. The van der Waals surface area contributed by atoms with Gasteiger partial charge < -0.3 is 4.74 Å².